The lowest BCUT2D eigenvalue weighted by Crippen LogP contribution is -2.23. The van der Waals surface area contributed by atoms with Crippen LogP contribution in [-0.4, -0.2) is 16.1 Å². The van der Waals surface area contributed by atoms with Crippen LogP contribution in [0.3, 0.4) is 0 Å². The summed E-state index contributed by atoms with van der Waals surface area (Å²) in [5.41, 5.74) is 3.14. The Balaban J connectivity index is 2.69. The number of pyridine rings is 1. The van der Waals surface area contributed by atoms with Crippen LogP contribution in [0, 0.1) is 0 Å². The van der Waals surface area contributed by atoms with E-state index in [-0.39, 0.29) is 26.4 Å². The van der Waals surface area contributed by atoms with E-state index in [1.807, 2.05) is 0 Å². The van der Waals surface area contributed by atoms with Crippen LogP contribution in [0.2, 0.25) is 10.0 Å². The molecule has 0 fully saturated rings. The second-order valence-corrected chi connectivity index (χ2v) is 7.02. The number of aromatic carboxylic acids is 1. The van der Waals surface area contributed by atoms with Crippen LogP contribution in [0.4, 0.5) is 8.78 Å². The van der Waals surface area contributed by atoms with Gasteiger partial charge in [-0.3, -0.25) is 4.79 Å². The monoisotopic (exact) mass is 428 g/mol. The quantitative estimate of drug-likeness (QED) is 0.617. The highest BCUT2D eigenvalue weighted by molar-refractivity contribution is 7.99. The number of H-pyrrole nitrogens is 1. The maximum absolute atomic E-state index is 13.3. The molecule has 0 aliphatic rings. The molecule has 0 aliphatic heterocycles. The third-order valence-corrected chi connectivity index (χ3v) is 5.42. The van der Waals surface area contributed by atoms with Gasteiger partial charge in [-0.15, -0.1) is 0 Å². The molecule has 0 aliphatic carbocycles. The second kappa shape index (κ2) is 7.51. The molecule has 2 rings (SSSR count). The molecule has 5 nitrogen and oxygen atoms in total. The molecule has 1 aromatic heterocycles. The van der Waals surface area contributed by atoms with Gasteiger partial charge in [0.25, 0.3) is 5.56 Å². The van der Waals surface area contributed by atoms with Crippen molar-refractivity contribution in [3.05, 3.63) is 55.4 Å². The molecule has 0 saturated carbocycles. The summed E-state index contributed by atoms with van der Waals surface area (Å²) in [6, 6.07) is 3.82. The number of carboxylic acids is 1. The van der Waals surface area contributed by atoms with E-state index in [1.165, 1.54) is 6.07 Å². The van der Waals surface area contributed by atoms with Crippen molar-refractivity contribution in [1.29, 1.82) is 0 Å². The molecule has 0 atom stereocenters. The highest BCUT2D eigenvalue weighted by Crippen LogP contribution is 2.42. The van der Waals surface area contributed by atoms with Crippen molar-refractivity contribution in [1.82, 2.24) is 4.98 Å². The third-order valence-electron chi connectivity index (χ3n) is 3.08. The topological polar surface area (TPSA) is 96.2 Å². The lowest BCUT2D eigenvalue weighted by Gasteiger charge is -2.14. The molecule has 1 heterocycles. The Morgan fingerprint density at radius 2 is 2.00 bits per heavy atom. The maximum atomic E-state index is 13.3. The largest absolute Gasteiger partial charge is 0.477 e. The van der Waals surface area contributed by atoms with Gasteiger partial charge in [0.05, 0.1) is 10.0 Å². The van der Waals surface area contributed by atoms with Gasteiger partial charge in [0, 0.05) is 16.3 Å². The van der Waals surface area contributed by atoms with Gasteiger partial charge in [-0.25, -0.2) is 4.79 Å². The first-order valence-electron chi connectivity index (χ1n) is 6.48. The molecular weight excluding hydrogens is 421 g/mol. The number of halogens is 5. The van der Waals surface area contributed by atoms with Crippen molar-refractivity contribution in [2.24, 2.45) is 5.73 Å². The second-order valence-electron chi connectivity index (χ2n) is 4.71. The van der Waals surface area contributed by atoms with E-state index in [4.69, 9.17) is 40.5 Å². The lowest BCUT2D eigenvalue weighted by atomic mass is 10.2. The average Bonchev–Trinajstić information content (AvgIpc) is 2.49. The minimum atomic E-state index is -3.89. The predicted molar refractivity (Wildman–Crippen MR) is 92.2 cm³/mol. The molecule has 1 aromatic carbocycles. The van der Waals surface area contributed by atoms with E-state index >= 15 is 0 Å². The predicted octanol–water partition coefficient (Wildman–Crippen LogP) is 4.28. The van der Waals surface area contributed by atoms with E-state index in [2.05, 4.69) is 0 Å². The molecular formula is C14H9Cl3F2N2O3S. The summed E-state index contributed by atoms with van der Waals surface area (Å²) in [6.07, 6.45) is 0. The number of alkyl halides is 3. The van der Waals surface area contributed by atoms with Gasteiger partial charge >= 0.3 is 11.4 Å². The van der Waals surface area contributed by atoms with Crippen molar-refractivity contribution in [2.75, 3.05) is 0 Å². The number of carboxylic acid groups (broad SMARTS) is 1. The molecule has 0 amide bonds. The summed E-state index contributed by atoms with van der Waals surface area (Å²) in [7, 11) is 0. The molecule has 0 spiro atoms. The van der Waals surface area contributed by atoms with Gasteiger partial charge in [-0.1, -0.05) is 41.0 Å². The molecule has 2 aromatic rings. The zero-order valence-corrected chi connectivity index (χ0v) is 15.2. The van der Waals surface area contributed by atoms with Crippen LogP contribution < -0.4 is 11.3 Å². The molecule has 0 bridgehead atoms. The Hall–Kier alpha value is -1.32. The molecule has 0 radical (unpaired) electrons. The smallest absolute Gasteiger partial charge is 0.362 e. The molecule has 134 valence electrons. The highest BCUT2D eigenvalue weighted by Gasteiger charge is 2.32. The van der Waals surface area contributed by atoms with Gasteiger partial charge in [-0.2, -0.15) is 8.78 Å². The Morgan fingerprint density at radius 3 is 2.52 bits per heavy atom. The van der Waals surface area contributed by atoms with Crippen molar-refractivity contribution in [3.63, 3.8) is 0 Å². The zero-order chi connectivity index (χ0) is 18.9. The zero-order valence-electron chi connectivity index (χ0n) is 12.1. The van der Waals surface area contributed by atoms with Crippen molar-refractivity contribution in [2.45, 2.75) is 21.7 Å². The van der Waals surface area contributed by atoms with Gasteiger partial charge in [0.2, 0.25) is 0 Å². The number of hydrogen-bond acceptors (Lipinski definition) is 4. The summed E-state index contributed by atoms with van der Waals surface area (Å²) in [5.74, 6) is -1.60. The van der Waals surface area contributed by atoms with Crippen molar-refractivity contribution >= 4 is 52.5 Å². The van der Waals surface area contributed by atoms with Gasteiger partial charge in [0.1, 0.15) is 11.3 Å². The number of hydrogen-bond donors (Lipinski definition) is 3. The summed E-state index contributed by atoms with van der Waals surface area (Å²) < 4.78 is 26.7. The number of nitrogens with one attached hydrogen (secondary N) is 1. The fraction of sp³-hybridized carbons (Fsp3) is 0.143. The summed E-state index contributed by atoms with van der Waals surface area (Å²) in [4.78, 5) is 24.9. The van der Waals surface area contributed by atoms with Crippen LogP contribution in [-0.2, 0) is 11.9 Å². The van der Waals surface area contributed by atoms with Crippen LogP contribution in [0.1, 0.15) is 21.6 Å². The number of rotatable bonds is 5. The Bertz CT molecular complexity index is 900. The first-order valence-corrected chi connectivity index (χ1v) is 8.44. The summed E-state index contributed by atoms with van der Waals surface area (Å²) in [5, 5.41) is 5.60. The Kier molecular flexibility index (Phi) is 6.01. The van der Waals surface area contributed by atoms with Gasteiger partial charge in [-0.05, 0) is 29.3 Å². The average molecular weight is 430 g/mol. The SMILES string of the molecule is NCc1ccc(Cl)c(Sc2cc(C(F)(F)Cl)[nH]c(=O)c2C(=O)O)c1Cl. The Morgan fingerprint density at radius 1 is 1.36 bits per heavy atom. The summed E-state index contributed by atoms with van der Waals surface area (Å²) in [6.45, 7) is 0.0791. The standard InChI is InChI=1S/C14H9Cl3F2N2O3S/c15-6-2-1-5(4-20)10(16)11(6)25-7-3-8(14(17,18)19)21-12(22)9(7)13(23)24/h1-3H,4,20H2,(H,21,22)(H,23,24). The van der Waals surface area contributed by atoms with E-state index < -0.39 is 28.2 Å². The first kappa shape index (κ1) is 20.0. The maximum Gasteiger partial charge on any atom is 0.362 e. The fourth-order valence-electron chi connectivity index (χ4n) is 1.91. The number of nitrogens with two attached hydrogens (primary N) is 1. The van der Waals surface area contributed by atoms with E-state index in [0.29, 0.717) is 17.3 Å². The lowest BCUT2D eigenvalue weighted by molar-refractivity contribution is 0.0686. The van der Waals surface area contributed by atoms with Gasteiger partial charge < -0.3 is 15.8 Å². The molecule has 11 heteroatoms. The van der Waals surface area contributed by atoms with Crippen LogP contribution >= 0.6 is 46.6 Å². The highest BCUT2D eigenvalue weighted by atomic mass is 35.5. The van der Waals surface area contributed by atoms with E-state index in [0.717, 1.165) is 6.07 Å². The number of carbonyl (C=O) groups is 1. The molecule has 4 N–H and O–H groups in total. The Labute approximate surface area is 159 Å². The minimum Gasteiger partial charge on any atom is -0.477 e. The fourth-order valence-corrected chi connectivity index (χ4v) is 3.75. The summed E-state index contributed by atoms with van der Waals surface area (Å²) >= 11 is 17.8. The van der Waals surface area contributed by atoms with Crippen molar-refractivity contribution < 1.29 is 18.7 Å². The van der Waals surface area contributed by atoms with Gasteiger partial charge in [0.15, 0.2) is 0 Å². The third kappa shape index (κ3) is 4.27. The van der Waals surface area contributed by atoms with E-state index in [9.17, 15) is 23.5 Å². The normalized spacial score (nSPS) is 11.6. The number of aromatic nitrogens is 1. The first-order chi connectivity index (χ1) is 11.6. The molecule has 0 saturated heterocycles. The van der Waals surface area contributed by atoms with Crippen LogP contribution in [0.25, 0.3) is 0 Å². The molecule has 25 heavy (non-hydrogen) atoms. The van der Waals surface area contributed by atoms with Crippen LogP contribution in [0.15, 0.2) is 32.8 Å². The van der Waals surface area contributed by atoms with Crippen LogP contribution in [0.5, 0.6) is 0 Å². The number of benzene rings is 1. The molecule has 0 unspecified atom stereocenters. The van der Waals surface area contributed by atoms with Crippen molar-refractivity contribution in [3.8, 4) is 0 Å². The number of aromatic amines is 1. The van der Waals surface area contributed by atoms with E-state index in [1.54, 1.807) is 11.1 Å². The minimum absolute atomic E-state index is 0.0791.